The second kappa shape index (κ2) is 8.82. The number of aromatic amines is 1. The van der Waals surface area contributed by atoms with Crippen LogP contribution in [0.25, 0.3) is 28.1 Å². The molecule has 0 spiro atoms. The number of nitrogens with zero attached hydrogens (tertiary/aromatic N) is 3. The molecule has 0 radical (unpaired) electrons. The number of benzene rings is 2. The number of H-pyrrole nitrogens is 1. The molecule has 2 aromatic heterocycles. The summed E-state index contributed by atoms with van der Waals surface area (Å²) < 4.78 is 7.31. The second-order valence-corrected chi connectivity index (χ2v) is 8.22. The Bertz CT molecular complexity index is 1330. The molecule has 0 amide bonds. The van der Waals surface area contributed by atoms with Gasteiger partial charge in [-0.25, -0.2) is 19.4 Å². The molecule has 5 rings (SSSR count). The lowest BCUT2D eigenvalue weighted by Crippen LogP contribution is -2.23. The Labute approximate surface area is 194 Å². The molecule has 1 aliphatic heterocycles. The van der Waals surface area contributed by atoms with E-state index in [0.717, 1.165) is 27.9 Å². The predicted molar refractivity (Wildman–Crippen MR) is 125 cm³/mol. The fraction of sp³-hybridized carbons (Fsp3) is 0.208. The summed E-state index contributed by atoms with van der Waals surface area (Å²) in [6.45, 7) is 0.152. The highest BCUT2D eigenvalue weighted by atomic mass is 35.5. The van der Waals surface area contributed by atoms with E-state index in [0.29, 0.717) is 23.8 Å². The van der Waals surface area contributed by atoms with Crippen molar-refractivity contribution in [1.82, 2.24) is 19.7 Å². The van der Waals surface area contributed by atoms with E-state index in [2.05, 4.69) is 10.2 Å². The van der Waals surface area contributed by atoms with Gasteiger partial charge in [0, 0.05) is 23.0 Å². The van der Waals surface area contributed by atoms with Crippen LogP contribution in [-0.2, 0) is 6.61 Å². The number of nitrogens with two attached hydrogens (primary N) is 1. The molecule has 0 aliphatic carbocycles. The number of halogens is 1. The van der Waals surface area contributed by atoms with Crippen molar-refractivity contribution in [3.8, 4) is 34.0 Å². The average molecular weight is 464 g/mol. The third kappa shape index (κ3) is 4.04. The molecule has 4 aromatic rings. The molecule has 0 unspecified atom stereocenters. The van der Waals surface area contributed by atoms with Gasteiger partial charge >= 0.3 is 5.69 Å². The molecule has 33 heavy (non-hydrogen) atoms. The minimum atomic E-state index is -0.651. The summed E-state index contributed by atoms with van der Waals surface area (Å²) in [6.07, 6.45) is -0.271. The normalized spacial score (nSPS) is 14.2. The van der Waals surface area contributed by atoms with Crippen LogP contribution in [0.3, 0.4) is 0 Å². The lowest BCUT2D eigenvalue weighted by Gasteiger charge is -2.21. The number of ether oxygens (including phenoxy) is 1. The minimum Gasteiger partial charge on any atom is -0.468 e. The number of fused-ring (bicyclic) bond motifs is 3. The van der Waals surface area contributed by atoms with Gasteiger partial charge in [-0.15, -0.1) is 11.6 Å². The smallest absolute Gasteiger partial charge is 0.348 e. The minimum absolute atomic E-state index is 0.146. The van der Waals surface area contributed by atoms with E-state index in [1.165, 1.54) is 4.57 Å². The van der Waals surface area contributed by atoms with Crippen molar-refractivity contribution >= 4 is 11.6 Å². The number of alkyl halides is 1. The molecule has 0 bridgehead atoms. The molecule has 4 N–H and O–H groups in total. The van der Waals surface area contributed by atoms with Crippen LogP contribution in [0.15, 0.2) is 65.5 Å². The monoisotopic (exact) mass is 463 g/mol. The fourth-order valence-corrected chi connectivity index (χ4v) is 4.12. The van der Waals surface area contributed by atoms with Gasteiger partial charge in [-0.05, 0) is 23.6 Å². The largest absolute Gasteiger partial charge is 0.468 e. The molecule has 1 aliphatic rings. The van der Waals surface area contributed by atoms with E-state index in [4.69, 9.17) is 27.1 Å². The maximum absolute atomic E-state index is 12.4. The molecule has 168 valence electrons. The number of hydrogen-bond acceptors (Lipinski definition) is 6. The van der Waals surface area contributed by atoms with E-state index < -0.39 is 6.10 Å². The third-order valence-corrected chi connectivity index (χ3v) is 6.05. The van der Waals surface area contributed by atoms with Crippen molar-refractivity contribution < 1.29 is 9.84 Å². The summed E-state index contributed by atoms with van der Waals surface area (Å²) in [4.78, 5) is 17.2. The Hall–Kier alpha value is -3.46. The van der Waals surface area contributed by atoms with Gasteiger partial charge in [-0.3, -0.25) is 0 Å². The third-order valence-electron chi connectivity index (χ3n) is 5.69. The van der Waals surface area contributed by atoms with Gasteiger partial charge in [0.05, 0.1) is 11.8 Å². The average Bonchev–Trinajstić information content (AvgIpc) is 3.24. The lowest BCUT2D eigenvalue weighted by molar-refractivity contribution is 0.178. The highest BCUT2D eigenvalue weighted by molar-refractivity contribution is 6.18. The van der Waals surface area contributed by atoms with Crippen LogP contribution >= 0.6 is 11.6 Å². The van der Waals surface area contributed by atoms with E-state index in [-0.39, 0.29) is 24.2 Å². The Morgan fingerprint density at radius 3 is 2.64 bits per heavy atom. The van der Waals surface area contributed by atoms with E-state index in [1.54, 1.807) is 0 Å². The molecule has 9 heteroatoms. The van der Waals surface area contributed by atoms with Crippen LogP contribution in [0, 0.1) is 0 Å². The van der Waals surface area contributed by atoms with Crippen LogP contribution in [0.4, 0.5) is 0 Å². The van der Waals surface area contributed by atoms with Crippen molar-refractivity contribution in [3.63, 3.8) is 0 Å². The molecule has 0 saturated carbocycles. The van der Waals surface area contributed by atoms with Gasteiger partial charge < -0.3 is 15.6 Å². The number of hydrogen-bond donors (Lipinski definition) is 3. The van der Waals surface area contributed by atoms with Crippen molar-refractivity contribution in [2.45, 2.75) is 25.2 Å². The number of rotatable bonds is 6. The van der Waals surface area contributed by atoms with Gasteiger partial charge in [0.15, 0.2) is 12.4 Å². The Morgan fingerprint density at radius 1 is 1.15 bits per heavy atom. The topological polar surface area (TPSA) is 119 Å². The van der Waals surface area contributed by atoms with Crippen LogP contribution in [0.1, 0.15) is 23.9 Å². The van der Waals surface area contributed by atoms with Crippen LogP contribution in [0.2, 0.25) is 0 Å². The zero-order valence-corrected chi connectivity index (χ0v) is 18.4. The number of aliphatic hydroxyl groups is 1. The van der Waals surface area contributed by atoms with Crippen LogP contribution < -0.4 is 16.2 Å². The summed E-state index contributed by atoms with van der Waals surface area (Å²) in [7, 11) is 0. The van der Waals surface area contributed by atoms with Crippen LogP contribution in [-0.4, -0.2) is 36.8 Å². The summed E-state index contributed by atoms with van der Waals surface area (Å²) in [5.41, 5.74) is 10.7. The lowest BCUT2D eigenvalue weighted by atomic mass is 9.96. The first-order valence-electron chi connectivity index (χ1n) is 10.5. The van der Waals surface area contributed by atoms with Crippen molar-refractivity contribution in [1.29, 1.82) is 0 Å². The maximum atomic E-state index is 12.4. The molecular formula is C24H22ClN5O3. The Morgan fingerprint density at radius 2 is 1.91 bits per heavy atom. The predicted octanol–water partition coefficient (Wildman–Crippen LogP) is 3.17. The first-order chi connectivity index (χ1) is 16.0. The van der Waals surface area contributed by atoms with E-state index in [1.807, 2.05) is 60.7 Å². The number of aliphatic hydroxyl groups excluding tert-OH is 1. The number of aromatic nitrogens is 4. The maximum Gasteiger partial charge on any atom is 0.348 e. The first-order valence-corrected chi connectivity index (χ1v) is 11.1. The molecule has 2 atom stereocenters. The summed E-state index contributed by atoms with van der Waals surface area (Å²) in [5.74, 6) is 1.01. The zero-order valence-electron chi connectivity index (χ0n) is 17.6. The quantitative estimate of drug-likeness (QED) is 0.378. The molecular weight excluding hydrogens is 442 g/mol. The summed E-state index contributed by atoms with van der Waals surface area (Å²) >= 11 is 5.70. The number of nitrogens with one attached hydrogen (secondary N) is 1. The molecule has 0 saturated heterocycles. The van der Waals surface area contributed by atoms with Gasteiger partial charge in [0.2, 0.25) is 5.88 Å². The number of pyridine rings is 1. The fourth-order valence-electron chi connectivity index (χ4n) is 4.00. The van der Waals surface area contributed by atoms with Gasteiger partial charge in [0.1, 0.15) is 5.69 Å². The van der Waals surface area contributed by atoms with E-state index >= 15 is 0 Å². The van der Waals surface area contributed by atoms with Gasteiger partial charge in [0.25, 0.3) is 0 Å². The van der Waals surface area contributed by atoms with Crippen LogP contribution in [0.5, 0.6) is 5.88 Å². The first kappa shape index (κ1) is 21.4. The Kier molecular flexibility index (Phi) is 5.72. The highest BCUT2D eigenvalue weighted by Crippen LogP contribution is 2.38. The van der Waals surface area contributed by atoms with Gasteiger partial charge in [-0.2, -0.15) is 5.10 Å². The molecule has 8 nitrogen and oxygen atoms in total. The molecule has 3 heterocycles. The highest BCUT2D eigenvalue weighted by Gasteiger charge is 2.25. The SMILES string of the molecule is N[C@@H](C[C@H](O)CCl)c1ccc(-c2nc3c(cc2-c2ccccc2)-n2c(n[nH]c2=O)CO3)cc1. The standard InChI is InChI=1S/C24H22ClN5O3/c25-12-17(31)10-19(26)15-6-8-16(9-7-15)22-18(14-4-2-1-3-5-14)11-20-23(27-22)33-13-21-28-29-24(32)30(20)21/h1-9,11,17,19,31H,10,12-13,26H2,(H,29,32)/t17-,19-/m0/s1. The zero-order chi connectivity index (χ0) is 22.9. The molecule has 2 aromatic carbocycles. The van der Waals surface area contributed by atoms with Crippen molar-refractivity contribution in [2.75, 3.05) is 5.88 Å². The van der Waals surface area contributed by atoms with Crippen molar-refractivity contribution in [2.24, 2.45) is 5.73 Å². The Balaban J connectivity index is 1.61. The second-order valence-electron chi connectivity index (χ2n) is 7.92. The van der Waals surface area contributed by atoms with Gasteiger partial charge in [-0.1, -0.05) is 54.6 Å². The van der Waals surface area contributed by atoms with Crippen molar-refractivity contribution in [3.05, 3.63) is 82.5 Å². The summed E-state index contributed by atoms with van der Waals surface area (Å²) in [5, 5.41) is 16.3. The molecule has 0 fully saturated rings. The van der Waals surface area contributed by atoms with E-state index in [9.17, 15) is 9.90 Å². The summed E-state index contributed by atoms with van der Waals surface area (Å²) in [6, 6.07) is 19.2.